The highest BCUT2D eigenvalue weighted by atomic mass is 19.2. The normalized spacial score (nSPS) is 22.8. The Kier molecular flexibility index (Phi) is 4.28. The Morgan fingerprint density at radius 2 is 2.12 bits per heavy atom. The Morgan fingerprint density at radius 1 is 1.33 bits per heavy atom. The Morgan fingerprint density at radius 3 is 2.92 bits per heavy atom. The number of aliphatic hydroxyl groups is 1. The molecule has 0 saturated carbocycles. The predicted octanol–water partition coefficient (Wildman–Crippen LogP) is 2.67. The minimum atomic E-state index is -2.37. The molecule has 24 heavy (non-hydrogen) atoms. The van der Waals surface area contributed by atoms with Gasteiger partial charge in [-0.25, -0.2) is 13.2 Å². The van der Waals surface area contributed by atoms with Crippen molar-refractivity contribution >= 4 is 5.91 Å². The summed E-state index contributed by atoms with van der Waals surface area (Å²) in [6, 6.07) is 6.45. The van der Waals surface area contributed by atoms with Gasteiger partial charge in [0, 0.05) is 23.9 Å². The first-order valence-corrected chi connectivity index (χ1v) is 7.47. The molecule has 0 fully saturated rings. The number of hydrogen-bond donors (Lipinski definition) is 2. The van der Waals surface area contributed by atoms with E-state index in [0.717, 1.165) is 6.07 Å². The number of hydrogen-bond acceptors (Lipinski definition) is 3. The smallest absolute Gasteiger partial charge is 0.262 e. The van der Waals surface area contributed by atoms with Gasteiger partial charge in [0.05, 0.1) is 11.8 Å². The maximum Gasteiger partial charge on any atom is 0.262 e. The fourth-order valence-electron chi connectivity index (χ4n) is 2.86. The van der Waals surface area contributed by atoms with Gasteiger partial charge in [-0.3, -0.25) is 9.78 Å². The lowest BCUT2D eigenvalue weighted by molar-refractivity contribution is -0.135. The molecule has 1 heterocycles. The highest BCUT2D eigenvalue weighted by Gasteiger charge is 2.46. The van der Waals surface area contributed by atoms with Crippen LogP contribution in [0.4, 0.5) is 13.2 Å². The number of rotatable bonds is 3. The molecule has 0 spiro atoms. The number of benzene rings is 1. The molecule has 0 saturated heterocycles. The van der Waals surface area contributed by atoms with Gasteiger partial charge in [-0.2, -0.15) is 0 Å². The number of nitrogens with zero attached hydrogens (tertiary/aromatic N) is 1. The van der Waals surface area contributed by atoms with Crippen LogP contribution in [0.5, 0.6) is 0 Å². The van der Waals surface area contributed by atoms with E-state index in [0.29, 0.717) is 0 Å². The van der Waals surface area contributed by atoms with Crippen LogP contribution >= 0.6 is 0 Å². The second-order valence-corrected chi connectivity index (χ2v) is 5.69. The van der Waals surface area contributed by atoms with Crippen LogP contribution < -0.4 is 5.32 Å². The largest absolute Gasteiger partial charge is 0.387 e. The van der Waals surface area contributed by atoms with Crippen LogP contribution in [-0.4, -0.2) is 16.0 Å². The minimum absolute atomic E-state index is 0.000893. The van der Waals surface area contributed by atoms with E-state index in [9.17, 15) is 18.7 Å². The quantitative estimate of drug-likeness (QED) is 0.906. The zero-order valence-corrected chi connectivity index (χ0v) is 12.6. The van der Waals surface area contributed by atoms with Gasteiger partial charge in [0.25, 0.3) is 5.91 Å². The predicted molar refractivity (Wildman–Crippen MR) is 79.4 cm³/mol. The maximum absolute atomic E-state index is 15.3. The van der Waals surface area contributed by atoms with Crippen molar-refractivity contribution in [2.24, 2.45) is 0 Å². The van der Waals surface area contributed by atoms with E-state index < -0.39 is 29.3 Å². The summed E-state index contributed by atoms with van der Waals surface area (Å²) in [6.45, 7) is -0.341. The lowest BCUT2D eigenvalue weighted by atomic mass is 9.81. The Labute approximate surface area is 136 Å². The van der Waals surface area contributed by atoms with E-state index in [1.54, 1.807) is 0 Å². The summed E-state index contributed by atoms with van der Waals surface area (Å²) < 4.78 is 42.1. The molecule has 0 bridgehead atoms. The first kappa shape index (κ1) is 16.4. The Hall–Kier alpha value is -2.41. The van der Waals surface area contributed by atoms with Crippen LogP contribution in [0.1, 0.15) is 35.8 Å². The maximum atomic E-state index is 15.3. The molecule has 2 atom stereocenters. The zero-order valence-electron chi connectivity index (χ0n) is 12.6. The number of aromatic nitrogens is 1. The lowest BCUT2D eigenvalue weighted by Crippen LogP contribution is -2.44. The van der Waals surface area contributed by atoms with Crippen molar-refractivity contribution in [1.82, 2.24) is 10.3 Å². The van der Waals surface area contributed by atoms with Crippen molar-refractivity contribution in [1.29, 1.82) is 0 Å². The highest BCUT2D eigenvalue weighted by Crippen LogP contribution is 2.42. The minimum Gasteiger partial charge on any atom is -0.387 e. The molecule has 1 aliphatic rings. The second-order valence-electron chi connectivity index (χ2n) is 5.69. The SMILES string of the molecule is O=C(NCc1cccc(F)c1F)[C@]1(F)CC[C@H](O)c2ncccc21. The summed E-state index contributed by atoms with van der Waals surface area (Å²) in [4.78, 5) is 16.3. The van der Waals surface area contributed by atoms with Crippen molar-refractivity contribution in [3.8, 4) is 0 Å². The van der Waals surface area contributed by atoms with Crippen molar-refractivity contribution in [2.45, 2.75) is 31.2 Å². The van der Waals surface area contributed by atoms with Gasteiger partial charge in [-0.05, 0) is 25.0 Å². The molecule has 1 aromatic carbocycles. The third kappa shape index (κ3) is 2.75. The van der Waals surface area contributed by atoms with Crippen LogP contribution in [-0.2, 0) is 17.0 Å². The summed E-state index contributed by atoms with van der Waals surface area (Å²) in [6.07, 6.45) is 0.305. The van der Waals surface area contributed by atoms with Gasteiger partial charge < -0.3 is 10.4 Å². The van der Waals surface area contributed by atoms with Crippen LogP contribution in [0.15, 0.2) is 36.5 Å². The summed E-state index contributed by atoms with van der Waals surface area (Å²) in [7, 11) is 0. The molecule has 0 radical (unpaired) electrons. The Bertz CT molecular complexity index is 784. The average Bonchev–Trinajstić information content (AvgIpc) is 2.59. The van der Waals surface area contributed by atoms with E-state index >= 15 is 4.39 Å². The zero-order chi connectivity index (χ0) is 17.3. The number of carbonyl (C=O) groups is 1. The molecule has 1 aromatic heterocycles. The number of carbonyl (C=O) groups excluding carboxylic acids is 1. The molecule has 2 N–H and O–H groups in total. The third-order valence-electron chi connectivity index (χ3n) is 4.17. The fraction of sp³-hybridized carbons (Fsp3) is 0.294. The number of pyridine rings is 1. The van der Waals surface area contributed by atoms with E-state index in [1.165, 1.54) is 30.5 Å². The third-order valence-corrected chi connectivity index (χ3v) is 4.17. The number of amides is 1. The summed E-state index contributed by atoms with van der Waals surface area (Å²) >= 11 is 0. The monoisotopic (exact) mass is 336 g/mol. The molecule has 0 aliphatic heterocycles. The van der Waals surface area contributed by atoms with Crippen molar-refractivity contribution in [2.75, 3.05) is 0 Å². The molecule has 2 aromatic rings. The number of aliphatic hydroxyl groups excluding tert-OH is 1. The first-order valence-electron chi connectivity index (χ1n) is 7.47. The van der Waals surface area contributed by atoms with Gasteiger partial charge in [0.2, 0.25) is 5.67 Å². The summed E-state index contributed by atoms with van der Waals surface area (Å²) in [5.41, 5.74) is -2.32. The Balaban J connectivity index is 1.82. The van der Waals surface area contributed by atoms with Gasteiger partial charge >= 0.3 is 0 Å². The number of fused-ring (bicyclic) bond motifs is 1. The molecule has 0 unspecified atom stereocenters. The molecule has 126 valence electrons. The van der Waals surface area contributed by atoms with Crippen LogP contribution in [0.25, 0.3) is 0 Å². The molecule has 3 rings (SSSR count). The standard InChI is InChI=1S/C17H15F3N2O2/c18-12-5-1-3-10(14(12)19)9-22-16(24)17(20)7-6-13(23)15-11(17)4-2-8-21-15/h1-5,8,13,23H,6-7,9H2,(H,22,24)/t13-,17-/m0/s1. The van der Waals surface area contributed by atoms with E-state index in [-0.39, 0.29) is 36.2 Å². The lowest BCUT2D eigenvalue weighted by Gasteiger charge is -2.32. The summed E-state index contributed by atoms with van der Waals surface area (Å²) in [5.74, 6) is -3.08. The molecular weight excluding hydrogens is 321 g/mol. The van der Waals surface area contributed by atoms with Crippen LogP contribution in [0.2, 0.25) is 0 Å². The van der Waals surface area contributed by atoms with Gasteiger partial charge in [-0.1, -0.05) is 18.2 Å². The van der Waals surface area contributed by atoms with E-state index in [2.05, 4.69) is 10.3 Å². The van der Waals surface area contributed by atoms with Gasteiger partial charge in [-0.15, -0.1) is 0 Å². The number of nitrogens with one attached hydrogen (secondary N) is 1. The molecule has 1 amide bonds. The number of alkyl halides is 1. The molecule has 4 nitrogen and oxygen atoms in total. The van der Waals surface area contributed by atoms with Crippen molar-refractivity contribution in [3.63, 3.8) is 0 Å². The van der Waals surface area contributed by atoms with Gasteiger partial charge in [0.1, 0.15) is 0 Å². The van der Waals surface area contributed by atoms with Crippen LogP contribution in [0, 0.1) is 11.6 Å². The highest BCUT2D eigenvalue weighted by molar-refractivity contribution is 5.87. The average molecular weight is 336 g/mol. The number of halogens is 3. The van der Waals surface area contributed by atoms with E-state index in [4.69, 9.17) is 0 Å². The molecule has 1 aliphatic carbocycles. The summed E-state index contributed by atoms with van der Waals surface area (Å²) in [5, 5.41) is 12.2. The van der Waals surface area contributed by atoms with Crippen molar-refractivity contribution in [3.05, 3.63) is 65.0 Å². The fourth-order valence-corrected chi connectivity index (χ4v) is 2.86. The van der Waals surface area contributed by atoms with E-state index in [1.807, 2.05) is 0 Å². The first-order chi connectivity index (χ1) is 11.4. The molecule has 7 heteroatoms. The van der Waals surface area contributed by atoms with Gasteiger partial charge in [0.15, 0.2) is 11.6 Å². The molecular formula is C17H15F3N2O2. The van der Waals surface area contributed by atoms with Crippen molar-refractivity contribution < 1.29 is 23.1 Å². The topological polar surface area (TPSA) is 62.2 Å². The second kappa shape index (κ2) is 6.24. The van der Waals surface area contributed by atoms with Crippen LogP contribution in [0.3, 0.4) is 0 Å².